The molecule has 0 fully saturated rings. The fourth-order valence-electron chi connectivity index (χ4n) is 0.690. The molecule has 0 bridgehead atoms. The maximum absolute atomic E-state index is 11.0. The third-order valence-electron chi connectivity index (χ3n) is 1.40. The molecule has 0 aromatic carbocycles. The maximum Gasteiger partial charge on any atom is 0.309 e. The van der Waals surface area contributed by atoms with Crippen LogP contribution in [0.3, 0.4) is 0 Å². The summed E-state index contributed by atoms with van der Waals surface area (Å²) in [4.78, 5) is 11.0. The van der Waals surface area contributed by atoms with Crippen molar-refractivity contribution in [3.8, 4) is 0 Å². The first-order valence-electron chi connectivity index (χ1n) is 3.62. The van der Waals surface area contributed by atoms with Gasteiger partial charge in [-0.2, -0.15) is 0 Å². The second-order valence-electron chi connectivity index (χ2n) is 2.09. The number of hydrogen-bond donors (Lipinski definition) is 0. The van der Waals surface area contributed by atoms with Gasteiger partial charge in [0.05, 0.1) is 12.5 Å². The van der Waals surface area contributed by atoms with E-state index in [4.69, 9.17) is 4.74 Å². The third-order valence-corrected chi connectivity index (χ3v) is 1.97. The molecule has 60 valence electrons. The van der Waals surface area contributed by atoms with Gasteiger partial charge in [-0.25, -0.2) is 0 Å². The minimum absolute atomic E-state index is 0.0694. The van der Waals surface area contributed by atoms with Crippen LogP contribution in [0.2, 0.25) is 0 Å². The van der Waals surface area contributed by atoms with Gasteiger partial charge >= 0.3 is 5.97 Å². The normalized spacial score (nSPS) is 12.7. The van der Waals surface area contributed by atoms with Gasteiger partial charge in [0.2, 0.25) is 0 Å². The summed E-state index contributed by atoms with van der Waals surface area (Å²) in [6, 6.07) is 0. The summed E-state index contributed by atoms with van der Waals surface area (Å²) < 4.78 is 4.83. The molecule has 0 saturated heterocycles. The van der Waals surface area contributed by atoms with Crippen LogP contribution in [0.15, 0.2) is 0 Å². The van der Waals surface area contributed by atoms with E-state index in [-0.39, 0.29) is 11.9 Å². The molecule has 0 N–H and O–H groups in total. The predicted molar refractivity (Wildman–Crippen MR) is 45.0 cm³/mol. The Morgan fingerprint density at radius 1 is 1.60 bits per heavy atom. The van der Waals surface area contributed by atoms with Gasteiger partial charge in [-0.05, 0) is 19.5 Å². The first-order chi connectivity index (χ1) is 4.76. The molecule has 0 radical (unpaired) electrons. The van der Waals surface area contributed by atoms with Crippen molar-refractivity contribution < 1.29 is 9.53 Å². The Morgan fingerprint density at radius 2 is 2.20 bits per heavy atom. The van der Waals surface area contributed by atoms with E-state index in [0.29, 0.717) is 6.61 Å². The fraction of sp³-hybridized carbons (Fsp3) is 0.857. The Kier molecular flexibility index (Phi) is 5.61. The van der Waals surface area contributed by atoms with Gasteiger partial charge in [-0.15, -0.1) is 9.24 Å². The van der Waals surface area contributed by atoms with Crippen LogP contribution in [-0.2, 0) is 9.53 Å². The van der Waals surface area contributed by atoms with Crippen molar-refractivity contribution in [3.05, 3.63) is 0 Å². The van der Waals surface area contributed by atoms with Crippen molar-refractivity contribution >= 4 is 15.2 Å². The second kappa shape index (κ2) is 5.67. The molecule has 3 heteroatoms. The van der Waals surface area contributed by atoms with Crippen molar-refractivity contribution in [1.82, 2.24) is 0 Å². The van der Waals surface area contributed by atoms with Crippen LogP contribution in [0, 0.1) is 5.92 Å². The van der Waals surface area contributed by atoms with Crippen molar-refractivity contribution in [2.45, 2.75) is 20.3 Å². The molecule has 2 nitrogen and oxygen atoms in total. The van der Waals surface area contributed by atoms with E-state index in [1.807, 2.05) is 13.8 Å². The van der Waals surface area contributed by atoms with Gasteiger partial charge < -0.3 is 4.74 Å². The number of esters is 1. The lowest BCUT2D eigenvalue weighted by molar-refractivity contribution is -0.147. The van der Waals surface area contributed by atoms with Gasteiger partial charge in [-0.1, -0.05) is 6.92 Å². The lowest BCUT2D eigenvalue weighted by Gasteiger charge is -2.09. The number of carbonyl (C=O) groups excluding carboxylic acids is 1. The molecule has 0 aliphatic carbocycles. The smallest absolute Gasteiger partial charge is 0.309 e. The Bertz CT molecular complexity index is 99.8. The molecule has 0 aromatic heterocycles. The molecule has 0 aliphatic heterocycles. The highest BCUT2D eigenvalue weighted by Crippen LogP contribution is 2.08. The van der Waals surface area contributed by atoms with E-state index in [0.717, 1.165) is 12.6 Å². The Hall–Kier alpha value is -0.100. The summed E-state index contributed by atoms with van der Waals surface area (Å²) in [5, 5.41) is 0. The highest BCUT2D eigenvalue weighted by atomic mass is 31.0. The summed E-state index contributed by atoms with van der Waals surface area (Å²) in [6.07, 6.45) is 1.66. The van der Waals surface area contributed by atoms with E-state index in [1.165, 1.54) is 0 Å². The maximum atomic E-state index is 11.0. The largest absolute Gasteiger partial charge is 0.466 e. The van der Waals surface area contributed by atoms with Crippen molar-refractivity contribution in [3.63, 3.8) is 0 Å². The highest BCUT2D eigenvalue weighted by molar-refractivity contribution is 7.16. The van der Waals surface area contributed by atoms with Gasteiger partial charge in [0.15, 0.2) is 0 Å². The number of ether oxygens (including phenoxy) is 1. The van der Waals surface area contributed by atoms with Crippen LogP contribution in [0.4, 0.5) is 0 Å². The molecular weight excluding hydrogens is 147 g/mol. The molecule has 0 aromatic rings. The SMILES string of the molecule is CCOC(=O)C(CC)CP. The molecule has 2 atom stereocenters. The fourth-order valence-corrected chi connectivity index (χ4v) is 1.22. The predicted octanol–water partition coefficient (Wildman–Crippen LogP) is 1.45. The zero-order valence-corrected chi connectivity index (χ0v) is 7.75. The van der Waals surface area contributed by atoms with Crippen LogP contribution >= 0.6 is 9.24 Å². The van der Waals surface area contributed by atoms with Crippen LogP contribution in [0.5, 0.6) is 0 Å². The molecule has 0 rings (SSSR count). The zero-order chi connectivity index (χ0) is 7.98. The van der Waals surface area contributed by atoms with E-state index in [9.17, 15) is 4.79 Å². The summed E-state index contributed by atoms with van der Waals surface area (Å²) in [5.41, 5.74) is 0. The second-order valence-corrected chi connectivity index (χ2v) is 2.56. The van der Waals surface area contributed by atoms with Gasteiger partial charge in [-0.3, -0.25) is 4.79 Å². The minimum atomic E-state index is -0.0694. The van der Waals surface area contributed by atoms with Crippen LogP contribution in [-0.4, -0.2) is 18.7 Å². The van der Waals surface area contributed by atoms with E-state index in [1.54, 1.807) is 0 Å². The van der Waals surface area contributed by atoms with Crippen molar-refractivity contribution in [2.24, 2.45) is 5.92 Å². The first-order valence-corrected chi connectivity index (χ1v) is 4.44. The molecule has 0 saturated carbocycles. The number of hydrogen-bond acceptors (Lipinski definition) is 2. The van der Waals surface area contributed by atoms with Crippen LogP contribution < -0.4 is 0 Å². The Balaban J connectivity index is 3.65. The third kappa shape index (κ3) is 3.17. The van der Waals surface area contributed by atoms with Gasteiger partial charge in [0.1, 0.15) is 0 Å². The summed E-state index contributed by atoms with van der Waals surface area (Å²) >= 11 is 0. The zero-order valence-electron chi connectivity index (χ0n) is 6.59. The first kappa shape index (κ1) is 9.90. The lowest BCUT2D eigenvalue weighted by Crippen LogP contribution is -2.17. The Morgan fingerprint density at radius 3 is 2.50 bits per heavy atom. The molecule has 0 aliphatic rings. The van der Waals surface area contributed by atoms with Gasteiger partial charge in [0.25, 0.3) is 0 Å². The number of rotatable bonds is 4. The van der Waals surface area contributed by atoms with Gasteiger partial charge in [0, 0.05) is 0 Å². The van der Waals surface area contributed by atoms with Crippen LogP contribution in [0.25, 0.3) is 0 Å². The average Bonchev–Trinajstić information content (AvgIpc) is 1.91. The minimum Gasteiger partial charge on any atom is -0.466 e. The molecule has 0 amide bonds. The summed E-state index contributed by atoms with van der Waals surface area (Å²) in [6.45, 7) is 4.30. The monoisotopic (exact) mass is 162 g/mol. The molecule has 0 spiro atoms. The molecule has 2 unspecified atom stereocenters. The highest BCUT2D eigenvalue weighted by Gasteiger charge is 2.14. The van der Waals surface area contributed by atoms with E-state index < -0.39 is 0 Å². The van der Waals surface area contributed by atoms with Crippen molar-refractivity contribution in [1.29, 1.82) is 0 Å². The average molecular weight is 162 g/mol. The lowest BCUT2D eigenvalue weighted by atomic mass is 10.1. The van der Waals surface area contributed by atoms with E-state index >= 15 is 0 Å². The molecule has 10 heavy (non-hydrogen) atoms. The summed E-state index contributed by atoms with van der Waals surface area (Å²) in [5.74, 6) is 0.00458. The van der Waals surface area contributed by atoms with E-state index in [2.05, 4.69) is 9.24 Å². The van der Waals surface area contributed by atoms with Crippen LogP contribution in [0.1, 0.15) is 20.3 Å². The van der Waals surface area contributed by atoms with Crippen molar-refractivity contribution in [2.75, 3.05) is 12.8 Å². The summed E-state index contributed by atoms with van der Waals surface area (Å²) in [7, 11) is 2.56. The molecule has 0 heterocycles. The topological polar surface area (TPSA) is 26.3 Å². The number of carbonyl (C=O) groups is 1. The quantitative estimate of drug-likeness (QED) is 0.462. The Labute approximate surface area is 64.5 Å². The molecular formula is C7H15O2P. The standard InChI is InChI=1S/C7H15O2P/c1-3-6(5-10)7(8)9-4-2/h6H,3-5,10H2,1-2H3.